The average Bonchev–Trinajstić information content (AvgIpc) is 3.12. The van der Waals surface area contributed by atoms with Crippen LogP contribution in [0, 0.1) is 5.82 Å². The maximum absolute atomic E-state index is 12.7. The first-order valence-corrected chi connectivity index (χ1v) is 7.83. The Morgan fingerprint density at radius 1 is 1.04 bits per heavy atom. The van der Waals surface area contributed by atoms with Crippen molar-refractivity contribution in [2.45, 2.75) is 0 Å². The van der Waals surface area contributed by atoms with Crippen molar-refractivity contribution in [3.63, 3.8) is 0 Å². The van der Waals surface area contributed by atoms with Crippen LogP contribution in [0.5, 0.6) is 17.2 Å². The number of hydrogen-bond acceptors (Lipinski definition) is 6. The van der Waals surface area contributed by atoms with Crippen molar-refractivity contribution >= 4 is 11.9 Å². The summed E-state index contributed by atoms with van der Waals surface area (Å²) < 4.78 is 33.3. The summed E-state index contributed by atoms with van der Waals surface area (Å²) in [6, 6.07) is 10.2. The fourth-order valence-corrected chi connectivity index (χ4v) is 2.19. The number of rotatable bonds is 7. The topological polar surface area (TPSA) is 83.1 Å². The zero-order valence-corrected chi connectivity index (χ0v) is 13.7. The van der Waals surface area contributed by atoms with Crippen molar-refractivity contribution in [1.82, 2.24) is 5.32 Å². The Morgan fingerprint density at radius 3 is 2.62 bits per heavy atom. The predicted octanol–water partition coefficient (Wildman–Crippen LogP) is 1.91. The Kier molecular flexibility index (Phi) is 5.52. The lowest BCUT2D eigenvalue weighted by Crippen LogP contribution is -2.31. The monoisotopic (exact) mass is 361 g/mol. The Hall–Kier alpha value is -3.29. The van der Waals surface area contributed by atoms with Gasteiger partial charge in [-0.3, -0.25) is 9.59 Å². The van der Waals surface area contributed by atoms with Crippen LogP contribution in [0.1, 0.15) is 10.4 Å². The van der Waals surface area contributed by atoms with Crippen LogP contribution < -0.4 is 19.5 Å². The standard InChI is InChI=1S/C18H16FNO6/c19-13-2-4-14(5-3-13)23-7-8-24-17(21)10-20-18(22)12-1-6-15-16(9-12)26-11-25-15/h1-6,9H,7-8,10-11H2,(H,20,22). The Labute approximate surface area is 148 Å². The summed E-state index contributed by atoms with van der Waals surface area (Å²) in [7, 11) is 0. The average molecular weight is 361 g/mol. The molecular formula is C18H16FNO6. The largest absolute Gasteiger partial charge is 0.490 e. The van der Waals surface area contributed by atoms with Gasteiger partial charge in [-0.2, -0.15) is 0 Å². The summed E-state index contributed by atoms with van der Waals surface area (Å²) in [5, 5.41) is 2.46. The van der Waals surface area contributed by atoms with Crippen LogP contribution in [-0.2, 0) is 9.53 Å². The van der Waals surface area contributed by atoms with Gasteiger partial charge in [-0.05, 0) is 42.5 Å². The van der Waals surface area contributed by atoms with Gasteiger partial charge in [0, 0.05) is 5.56 Å². The number of esters is 1. The first-order valence-electron chi connectivity index (χ1n) is 7.83. The van der Waals surface area contributed by atoms with E-state index in [0.717, 1.165) is 0 Å². The molecule has 0 aromatic heterocycles. The predicted molar refractivity (Wildman–Crippen MR) is 87.8 cm³/mol. The number of amides is 1. The minimum Gasteiger partial charge on any atom is -0.490 e. The Morgan fingerprint density at radius 2 is 1.81 bits per heavy atom. The van der Waals surface area contributed by atoms with Crippen molar-refractivity contribution in [3.05, 3.63) is 53.8 Å². The Bertz CT molecular complexity index is 793. The van der Waals surface area contributed by atoms with E-state index in [9.17, 15) is 14.0 Å². The minimum absolute atomic E-state index is 0.0100. The van der Waals surface area contributed by atoms with Gasteiger partial charge in [-0.15, -0.1) is 0 Å². The summed E-state index contributed by atoms with van der Waals surface area (Å²) in [5.74, 6) is 0.144. The smallest absolute Gasteiger partial charge is 0.325 e. The number of carbonyl (C=O) groups excluding carboxylic acids is 2. The van der Waals surface area contributed by atoms with Gasteiger partial charge in [0.15, 0.2) is 11.5 Å². The molecule has 1 heterocycles. The van der Waals surface area contributed by atoms with Gasteiger partial charge in [-0.1, -0.05) is 0 Å². The van der Waals surface area contributed by atoms with Crippen LogP contribution in [0.2, 0.25) is 0 Å². The summed E-state index contributed by atoms with van der Waals surface area (Å²) in [6.07, 6.45) is 0. The molecule has 0 unspecified atom stereocenters. The molecule has 0 fully saturated rings. The van der Waals surface area contributed by atoms with Crippen molar-refractivity contribution < 1.29 is 32.9 Å². The number of hydrogen-bond donors (Lipinski definition) is 1. The molecule has 1 aliphatic heterocycles. The zero-order valence-electron chi connectivity index (χ0n) is 13.7. The molecule has 0 spiro atoms. The fraction of sp³-hybridized carbons (Fsp3) is 0.222. The van der Waals surface area contributed by atoms with E-state index in [4.69, 9.17) is 18.9 Å². The van der Waals surface area contributed by atoms with Crippen molar-refractivity contribution in [2.75, 3.05) is 26.6 Å². The van der Waals surface area contributed by atoms with Crippen LogP contribution in [0.3, 0.4) is 0 Å². The highest BCUT2D eigenvalue weighted by Crippen LogP contribution is 2.32. The molecule has 0 atom stereocenters. The van der Waals surface area contributed by atoms with Gasteiger partial charge in [-0.25, -0.2) is 4.39 Å². The van der Waals surface area contributed by atoms with Crippen LogP contribution in [0.25, 0.3) is 0 Å². The molecule has 1 aliphatic rings. The quantitative estimate of drug-likeness (QED) is 0.599. The number of halogens is 1. The molecule has 2 aromatic carbocycles. The molecule has 8 heteroatoms. The first kappa shape index (κ1) is 17.5. The molecule has 0 saturated heterocycles. The number of benzene rings is 2. The van der Waals surface area contributed by atoms with E-state index in [1.165, 1.54) is 24.3 Å². The van der Waals surface area contributed by atoms with Gasteiger partial charge < -0.3 is 24.3 Å². The van der Waals surface area contributed by atoms with Crippen LogP contribution in [0.15, 0.2) is 42.5 Å². The minimum atomic E-state index is -0.596. The summed E-state index contributed by atoms with van der Waals surface area (Å²) in [5.41, 5.74) is 0.349. The SMILES string of the molecule is O=C(CNC(=O)c1ccc2c(c1)OCO2)OCCOc1ccc(F)cc1. The summed E-state index contributed by atoms with van der Waals surface area (Å²) >= 11 is 0. The van der Waals surface area contributed by atoms with Gasteiger partial charge in [0.1, 0.15) is 31.3 Å². The van der Waals surface area contributed by atoms with Crippen molar-refractivity contribution in [3.8, 4) is 17.2 Å². The third-order valence-electron chi connectivity index (χ3n) is 3.46. The molecule has 0 bridgehead atoms. The highest BCUT2D eigenvalue weighted by molar-refractivity contribution is 5.96. The van der Waals surface area contributed by atoms with Gasteiger partial charge in [0.25, 0.3) is 5.91 Å². The van der Waals surface area contributed by atoms with E-state index < -0.39 is 11.9 Å². The summed E-state index contributed by atoms with van der Waals surface area (Å²) in [6.45, 7) is -0.0276. The second-order valence-corrected chi connectivity index (χ2v) is 5.27. The number of carbonyl (C=O) groups is 2. The molecule has 136 valence electrons. The third kappa shape index (κ3) is 4.62. The highest BCUT2D eigenvalue weighted by atomic mass is 19.1. The highest BCUT2D eigenvalue weighted by Gasteiger charge is 2.16. The van der Waals surface area contributed by atoms with Crippen LogP contribution >= 0.6 is 0 Å². The van der Waals surface area contributed by atoms with Gasteiger partial charge in [0.05, 0.1) is 0 Å². The second kappa shape index (κ2) is 8.19. The van der Waals surface area contributed by atoms with Gasteiger partial charge >= 0.3 is 5.97 Å². The normalized spacial score (nSPS) is 11.7. The van der Waals surface area contributed by atoms with Crippen molar-refractivity contribution in [2.24, 2.45) is 0 Å². The van der Waals surface area contributed by atoms with Crippen LogP contribution in [0.4, 0.5) is 4.39 Å². The fourth-order valence-electron chi connectivity index (χ4n) is 2.19. The number of ether oxygens (including phenoxy) is 4. The Balaban J connectivity index is 1.36. The first-order chi connectivity index (χ1) is 12.6. The molecule has 0 aliphatic carbocycles. The molecule has 26 heavy (non-hydrogen) atoms. The lowest BCUT2D eigenvalue weighted by atomic mass is 10.2. The molecule has 7 nitrogen and oxygen atoms in total. The molecule has 0 saturated carbocycles. The van der Waals surface area contributed by atoms with E-state index in [2.05, 4.69) is 5.32 Å². The van der Waals surface area contributed by atoms with E-state index >= 15 is 0 Å². The maximum Gasteiger partial charge on any atom is 0.325 e. The van der Waals surface area contributed by atoms with E-state index in [1.54, 1.807) is 18.2 Å². The summed E-state index contributed by atoms with van der Waals surface area (Å²) in [4.78, 5) is 23.7. The lowest BCUT2D eigenvalue weighted by molar-refractivity contribution is -0.143. The van der Waals surface area contributed by atoms with Gasteiger partial charge in [0.2, 0.25) is 6.79 Å². The van der Waals surface area contributed by atoms with Crippen molar-refractivity contribution in [1.29, 1.82) is 0 Å². The van der Waals surface area contributed by atoms with E-state index in [-0.39, 0.29) is 32.4 Å². The van der Waals surface area contributed by atoms with E-state index in [0.29, 0.717) is 22.8 Å². The molecule has 1 N–H and O–H groups in total. The number of nitrogens with one attached hydrogen (secondary N) is 1. The third-order valence-corrected chi connectivity index (χ3v) is 3.46. The zero-order chi connectivity index (χ0) is 18.4. The maximum atomic E-state index is 12.7. The molecule has 3 rings (SSSR count). The molecular weight excluding hydrogens is 345 g/mol. The second-order valence-electron chi connectivity index (χ2n) is 5.27. The lowest BCUT2D eigenvalue weighted by Gasteiger charge is -2.08. The molecule has 2 aromatic rings. The molecule has 0 radical (unpaired) electrons. The van der Waals surface area contributed by atoms with E-state index in [1.807, 2.05) is 0 Å². The molecule has 1 amide bonds. The van der Waals surface area contributed by atoms with Crippen LogP contribution in [-0.4, -0.2) is 38.4 Å². The number of fused-ring (bicyclic) bond motifs is 1.